The van der Waals surface area contributed by atoms with Gasteiger partial charge in [0.25, 0.3) is 0 Å². The number of hydrogen-bond donors (Lipinski definition) is 0. The first-order valence-corrected chi connectivity index (χ1v) is 9.27. The van der Waals surface area contributed by atoms with E-state index in [9.17, 15) is 0 Å². The van der Waals surface area contributed by atoms with Crippen molar-refractivity contribution < 1.29 is 0 Å². The Morgan fingerprint density at radius 3 is 2.17 bits per heavy atom. The number of hydrogen-bond acceptors (Lipinski definition) is 3. The van der Waals surface area contributed by atoms with Crippen LogP contribution in [0.25, 0.3) is 0 Å². The molecule has 0 aromatic heterocycles. The average Bonchev–Trinajstić information content (AvgIpc) is 2.91. The van der Waals surface area contributed by atoms with Gasteiger partial charge in [-0.05, 0) is 69.5 Å². The fourth-order valence-corrected chi connectivity index (χ4v) is 3.98. The number of aryl methyl sites for hydroxylation is 2. The molecule has 0 aliphatic carbocycles. The first-order valence-electron chi connectivity index (χ1n) is 9.27. The van der Waals surface area contributed by atoms with Gasteiger partial charge in [0.1, 0.15) is 0 Å². The Morgan fingerprint density at radius 1 is 0.913 bits per heavy atom. The maximum atomic E-state index is 2.65. The molecule has 0 spiro atoms. The van der Waals surface area contributed by atoms with Gasteiger partial charge in [-0.2, -0.15) is 0 Å². The number of piperazine rings is 1. The Kier molecular flexibility index (Phi) is 5.40. The molecule has 128 valence electrons. The molecule has 3 rings (SSSR count). The molecule has 3 heteroatoms. The van der Waals surface area contributed by atoms with Crippen molar-refractivity contribution in [1.82, 2.24) is 14.7 Å². The van der Waals surface area contributed by atoms with Crippen molar-refractivity contribution in [2.24, 2.45) is 0 Å². The van der Waals surface area contributed by atoms with Gasteiger partial charge in [-0.3, -0.25) is 9.80 Å². The molecule has 2 aliphatic rings. The smallest absolute Gasteiger partial charge is 0.0239 e. The normalized spacial score (nSPS) is 24.4. The quantitative estimate of drug-likeness (QED) is 0.845. The van der Waals surface area contributed by atoms with E-state index in [0.717, 1.165) is 19.1 Å². The van der Waals surface area contributed by atoms with Gasteiger partial charge in [0.05, 0.1) is 0 Å². The van der Waals surface area contributed by atoms with Crippen molar-refractivity contribution in [2.75, 3.05) is 39.8 Å². The molecule has 0 unspecified atom stereocenters. The number of likely N-dealkylation sites (tertiary alicyclic amines) is 1. The van der Waals surface area contributed by atoms with Gasteiger partial charge in [-0.1, -0.05) is 12.1 Å². The summed E-state index contributed by atoms with van der Waals surface area (Å²) in [6.07, 6.45) is 2.72. The summed E-state index contributed by atoms with van der Waals surface area (Å²) in [5, 5.41) is 0. The van der Waals surface area contributed by atoms with Crippen molar-refractivity contribution in [3.8, 4) is 0 Å². The standard InChI is InChI=1S/C20H33N3/c1-16-12-17(2)20(15-23-7-5-6-18(23)3)13-19(16)14-22-10-8-21(4)9-11-22/h12-13,18H,5-11,14-15H2,1-4H3/t18-/m1/s1. The Hall–Kier alpha value is -0.900. The number of nitrogens with zero attached hydrogens (tertiary/aromatic N) is 3. The molecule has 2 fully saturated rings. The highest BCUT2D eigenvalue weighted by Gasteiger charge is 2.21. The summed E-state index contributed by atoms with van der Waals surface area (Å²) >= 11 is 0. The van der Waals surface area contributed by atoms with Crippen LogP contribution in [-0.2, 0) is 13.1 Å². The van der Waals surface area contributed by atoms with Crippen molar-refractivity contribution in [3.63, 3.8) is 0 Å². The number of likely N-dealkylation sites (N-methyl/N-ethyl adjacent to an activating group) is 1. The summed E-state index contributed by atoms with van der Waals surface area (Å²) in [5.41, 5.74) is 5.99. The van der Waals surface area contributed by atoms with Crippen LogP contribution in [0.3, 0.4) is 0 Å². The SMILES string of the molecule is Cc1cc(C)c(CN2CCC[C@H]2C)cc1CN1CCN(C)CC1. The van der Waals surface area contributed by atoms with Gasteiger partial charge in [0.2, 0.25) is 0 Å². The fraction of sp³-hybridized carbons (Fsp3) is 0.700. The highest BCUT2D eigenvalue weighted by molar-refractivity contribution is 5.37. The first kappa shape index (κ1) is 16.9. The van der Waals surface area contributed by atoms with Gasteiger partial charge in [0, 0.05) is 45.3 Å². The molecule has 23 heavy (non-hydrogen) atoms. The molecule has 2 heterocycles. The molecule has 0 radical (unpaired) electrons. The number of benzene rings is 1. The van der Waals surface area contributed by atoms with Crippen LogP contribution in [0.1, 0.15) is 42.0 Å². The van der Waals surface area contributed by atoms with E-state index in [1.807, 2.05) is 0 Å². The Bertz CT molecular complexity index is 532. The number of rotatable bonds is 4. The maximum absolute atomic E-state index is 2.65. The third kappa shape index (κ3) is 4.14. The lowest BCUT2D eigenvalue weighted by Gasteiger charge is -2.33. The van der Waals surface area contributed by atoms with Crippen LogP contribution in [0.5, 0.6) is 0 Å². The van der Waals surface area contributed by atoms with E-state index in [1.165, 1.54) is 67.8 Å². The van der Waals surface area contributed by atoms with Crippen LogP contribution in [0.2, 0.25) is 0 Å². The van der Waals surface area contributed by atoms with E-state index in [0.29, 0.717) is 0 Å². The molecule has 2 saturated heterocycles. The monoisotopic (exact) mass is 315 g/mol. The van der Waals surface area contributed by atoms with Crippen LogP contribution < -0.4 is 0 Å². The predicted molar refractivity (Wildman–Crippen MR) is 97.8 cm³/mol. The summed E-state index contributed by atoms with van der Waals surface area (Å²) in [7, 11) is 2.23. The Morgan fingerprint density at radius 2 is 1.57 bits per heavy atom. The lowest BCUT2D eigenvalue weighted by molar-refractivity contribution is 0.148. The minimum absolute atomic E-state index is 0.747. The lowest BCUT2D eigenvalue weighted by atomic mass is 9.98. The van der Waals surface area contributed by atoms with E-state index < -0.39 is 0 Å². The zero-order chi connectivity index (χ0) is 16.4. The summed E-state index contributed by atoms with van der Waals surface area (Å²) in [6, 6.07) is 5.65. The molecule has 0 amide bonds. The van der Waals surface area contributed by atoms with E-state index in [1.54, 1.807) is 0 Å². The van der Waals surface area contributed by atoms with Crippen molar-refractivity contribution in [1.29, 1.82) is 0 Å². The second-order valence-corrected chi connectivity index (χ2v) is 7.75. The predicted octanol–water partition coefficient (Wildman–Crippen LogP) is 3.04. The zero-order valence-electron chi connectivity index (χ0n) is 15.4. The minimum atomic E-state index is 0.747. The van der Waals surface area contributed by atoms with Crippen molar-refractivity contribution in [3.05, 3.63) is 34.4 Å². The summed E-state index contributed by atoms with van der Waals surface area (Å²) < 4.78 is 0. The highest BCUT2D eigenvalue weighted by Crippen LogP contribution is 2.24. The fourth-order valence-electron chi connectivity index (χ4n) is 3.98. The lowest BCUT2D eigenvalue weighted by Crippen LogP contribution is -2.44. The third-order valence-electron chi connectivity index (χ3n) is 5.85. The highest BCUT2D eigenvalue weighted by atomic mass is 15.2. The van der Waals surface area contributed by atoms with Crippen LogP contribution in [-0.4, -0.2) is 60.5 Å². The maximum Gasteiger partial charge on any atom is 0.0239 e. The van der Waals surface area contributed by atoms with Crippen LogP contribution in [0.4, 0.5) is 0 Å². The zero-order valence-corrected chi connectivity index (χ0v) is 15.4. The van der Waals surface area contributed by atoms with Gasteiger partial charge in [-0.15, -0.1) is 0 Å². The molecule has 0 N–H and O–H groups in total. The largest absolute Gasteiger partial charge is 0.304 e. The molecule has 2 aliphatic heterocycles. The summed E-state index contributed by atoms with van der Waals surface area (Å²) in [4.78, 5) is 7.69. The van der Waals surface area contributed by atoms with E-state index in [2.05, 4.69) is 54.7 Å². The van der Waals surface area contributed by atoms with E-state index in [-0.39, 0.29) is 0 Å². The Balaban J connectivity index is 1.71. The molecule has 1 atom stereocenters. The minimum Gasteiger partial charge on any atom is -0.304 e. The molecule has 1 aromatic rings. The third-order valence-corrected chi connectivity index (χ3v) is 5.85. The van der Waals surface area contributed by atoms with E-state index >= 15 is 0 Å². The molecule has 0 saturated carbocycles. The second-order valence-electron chi connectivity index (χ2n) is 7.75. The molecular weight excluding hydrogens is 282 g/mol. The van der Waals surface area contributed by atoms with Gasteiger partial charge < -0.3 is 4.90 Å². The Labute approximate surface area is 142 Å². The summed E-state index contributed by atoms with van der Waals surface area (Å²) in [6.45, 7) is 15.2. The molecular formula is C20H33N3. The summed E-state index contributed by atoms with van der Waals surface area (Å²) in [5.74, 6) is 0. The van der Waals surface area contributed by atoms with E-state index in [4.69, 9.17) is 0 Å². The van der Waals surface area contributed by atoms with Crippen molar-refractivity contribution in [2.45, 2.75) is 52.7 Å². The van der Waals surface area contributed by atoms with Crippen LogP contribution >= 0.6 is 0 Å². The topological polar surface area (TPSA) is 9.72 Å². The van der Waals surface area contributed by atoms with Crippen molar-refractivity contribution >= 4 is 0 Å². The van der Waals surface area contributed by atoms with Crippen LogP contribution in [0.15, 0.2) is 12.1 Å². The molecule has 3 nitrogen and oxygen atoms in total. The van der Waals surface area contributed by atoms with Gasteiger partial charge >= 0.3 is 0 Å². The van der Waals surface area contributed by atoms with Crippen LogP contribution in [0, 0.1) is 13.8 Å². The van der Waals surface area contributed by atoms with Gasteiger partial charge in [-0.25, -0.2) is 0 Å². The average molecular weight is 316 g/mol. The molecule has 0 bridgehead atoms. The second kappa shape index (κ2) is 7.33. The van der Waals surface area contributed by atoms with Gasteiger partial charge in [0.15, 0.2) is 0 Å². The first-order chi connectivity index (χ1) is 11.0. The molecule has 1 aromatic carbocycles.